The van der Waals surface area contributed by atoms with Crippen molar-refractivity contribution >= 4 is 65.9 Å². The van der Waals surface area contributed by atoms with Gasteiger partial charge in [0.2, 0.25) is 0 Å². The smallest absolute Gasteiger partial charge is 0.190 e. The summed E-state index contributed by atoms with van der Waals surface area (Å²) < 4.78 is 73.3. The van der Waals surface area contributed by atoms with Gasteiger partial charge in [-0.1, -0.05) is 48.5 Å². The van der Waals surface area contributed by atoms with Gasteiger partial charge in [-0.05, 0) is 33.7 Å². The van der Waals surface area contributed by atoms with Crippen LogP contribution in [0.5, 0.6) is 0 Å². The first-order chi connectivity index (χ1) is 17.4. The monoisotopic (exact) mass is 566 g/mol. The molecule has 0 N–H and O–H groups in total. The maximum Gasteiger partial charge on any atom is 0.190 e. The molecule has 4 rings (SSSR count). The molecule has 0 heterocycles. The number of hydrogen-bond donors (Lipinski definition) is 0. The van der Waals surface area contributed by atoms with Crippen LogP contribution in [0.4, 0.5) is 0 Å². The largest absolute Gasteiger partial charge is 0.290 e. The van der Waals surface area contributed by atoms with E-state index in [0.717, 1.165) is 0 Å². The molecule has 4 aromatic carbocycles. The van der Waals surface area contributed by atoms with E-state index in [4.69, 9.17) is 16.7 Å². The molecule has 0 aliphatic carbocycles. The van der Waals surface area contributed by atoms with Crippen LogP contribution in [0.1, 0.15) is 0 Å². The van der Waals surface area contributed by atoms with E-state index in [2.05, 4.69) is 0 Å². The van der Waals surface area contributed by atoms with Crippen molar-refractivity contribution < 1.29 is 33.6 Å². The minimum atomic E-state index is -2.10. The Bertz CT molecular complexity index is 1450. The van der Waals surface area contributed by atoms with E-state index in [1.165, 1.54) is 28.4 Å². The average molecular weight is 567 g/mol. The Hall–Kier alpha value is -2.16. The molecule has 0 aromatic heterocycles. The highest BCUT2D eigenvalue weighted by Crippen LogP contribution is 2.45. The maximum atomic E-state index is 13.4. The third-order valence-electron chi connectivity index (χ3n) is 5.48. The van der Waals surface area contributed by atoms with Gasteiger partial charge in [0.1, 0.15) is 0 Å². The van der Waals surface area contributed by atoms with E-state index in [-0.39, 0.29) is 19.6 Å². The summed E-state index contributed by atoms with van der Waals surface area (Å²) in [5.74, 6) is 0. The van der Waals surface area contributed by atoms with E-state index < -0.39 is 44.3 Å². The lowest BCUT2D eigenvalue weighted by Gasteiger charge is -2.21. The predicted molar refractivity (Wildman–Crippen MR) is 141 cm³/mol. The number of benzene rings is 4. The lowest BCUT2D eigenvalue weighted by Crippen LogP contribution is -2.10. The molecule has 0 saturated heterocycles. The summed E-state index contributed by atoms with van der Waals surface area (Å²) in [5, 5.41) is 2.58. The van der Waals surface area contributed by atoms with Gasteiger partial charge < -0.3 is 0 Å². The highest BCUT2D eigenvalue weighted by atomic mass is 32.2. The molecule has 0 spiro atoms. The van der Waals surface area contributed by atoms with Crippen molar-refractivity contribution in [1.82, 2.24) is 0 Å². The number of rotatable bonds is 9. The molecule has 0 aliphatic heterocycles. The number of fused-ring (bicyclic) bond motifs is 2. The van der Waals surface area contributed by atoms with Gasteiger partial charge in [-0.2, -0.15) is 0 Å². The molecule has 8 nitrogen and oxygen atoms in total. The van der Waals surface area contributed by atoms with Crippen molar-refractivity contribution in [3.63, 3.8) is 0 Å². The van der Waals surface area contributed by atoms with E-state index >= 15 is 0 Å². The fourth-order valence-corrected chi connectivity index (χ4v) is 7.69. The van der Waals surface area contributed by atoms with Crippen molar-refractivity contribution in [2.24, 2.45) is 0 Å². The average Bonchev–Trinajstić information content (AvgIpc) is 2.93. The van der Waals surface area contributed by atoms with Crippen LogP contribution < -0.4 is 0 Å². The third-order valence-corrected chi connectivity index (χ3v) is 9.83. The van der Waals surface area contributed by atoms with Crippen LogP contribution in [0.15, 0.2) is 80.2 Å². The summed E-state index contributed by atoms with van der Waals surface area (Å²) in [6, 6.07) is 17.7. The molecule has 0 bridgehead atoms. The molecule has 0 radical (unpaired) electrons. The van der Waals surface area contributed by atoms with E-state index in [1.54, 1.807) is 60.7 Å². The normalized spacial score (nSPS) is 15.1. The Kier molecular flexibility index (Phi) is 8.58. The SMILES string of the molecule is COS(=O)c1cc2ccccc2c(-c2c(S(=O)OC)c(S(=O)OC)cc3ccccc23)c1S(=O)OC. The Morgan fingerprint density at radius 2 is 0.833 bits per heavy atom. The van der Waals surface area contributed by atoms with Crippen molar-refractivity contribution in [3.05, 3.63) is 60.7 Å². The molecule has 190 valence electrons. The molecule has 0 fully saturated rings. The van der Waals surface area contributed by atoms with Crippen LogP contribution in [-0.2, 0) is 61.1 Å². The Morgan fingerprint density at radius 1 is 0.500 bits per heavy atom. The van der Waals surface area contributed by atoms with Gasteiger partial charge in [-0.25, -0.2) is 16.8 Å². The summed E-state index contributed by atoms with van der Waals surface area (Å²) in [7, 11) is 5.07. The molecule has 0 aliphatic rings. The lowest BCUT2D eigenvalue weighted by molar-refractivity contribution is 0.436. The molecular formula is C24H22O8S4. The van der Waals surface area contributed by atoms with Crippen LogP contribution in [0, 0.1) is 0 Å². The van der Waals surface area contributed by atoms with Crippen molar-refractivity contribution in [1.29, 1.82) is 0 Å². The van der Waals surface area contributed by atoms with Gasteiger partial charge in [0.05, 0.1) is 48.0 Å². The van der Waals surface area contributed by atoms with Crippen molar-refractivity contribution in [2.45, 2.75) is 19.6 Å². The second-order valence-corrected chi connectivity index (χ2v) is 12.1. The van der Waals surface area contributed by atoms with Crippen molar-refractivity contribution in [2.75, 3.05) is 28.4 Å². The molecule has 4 unspecified atom stereocenters. The van der Waals surface area contributed by atoms with Gasteiger partial charge in [-0.3, -0.25) is 16.7 Å². The molecule has 4 aromatic rings. The lowest BCUT2D eigenvalue weighted by atomic mass is 9.93. The fourth-order valence-electron chi connectivity index (χ4n) is 4.03. The van der Waals surface area contributed by atoms with Crippen molar-refractivity contribution in [3.8, 4) is 11.1 Å². The zero-order chi connectivity index (χ0) is 26.0. The topological polar surface area (TPSA) is 105 Å². The second kappa shape index (κ2) is 11.5. The first-order valence-electron chi connectivity index (χ1n) is 10.3. The molecule has 36 heavy (non-hydrogen) atoms. The zero-order valence-electron chi connectivity index (χ0n) is 19.7. The first kappa shape index (κ1) is 26.9. The summed E-state index contributed by atoms with van der Waals surface area (Å²) in [5.41, 5.74) is 0.695. The van der Waals surface area contributed by atoms with Crippen LogP contribution in [0.3, 0.4) is 0 Å². The summed E-state index contributed by atoms with van der Waals surface area (Å²) in [6.07, 6.45) is 0. The Balaban J connectivity index is 2.38. The zero-order valence-corrected chi connectivity index (χ0v) is 22.9. The summed E-state index contributed by atoms with van der Waals surface area (Å²) in [4.78, 5) is 0.415. The third kappa shape index (κ3) is 4.75. The van der Waals surface area contributed by atoms with E-state index in [1.807, 2.05) is 0 Å². The highest BCUT2D eigenvalue weighted by Gasteiger charge is 2.30. The predicted octanol–water partition coefficient (Wildman–Crippen LogP) is 4.34. The second-order valence-electron chi connectivity index (χ2n) is 7.21. The summed E-state index contributed by atoms with van der Waals surface area (Å²) in [6.45, 7) is 0. The minimum Gasteiger partial charge on any atom is -0.290 e. The molecule has 0 saturated carbocycles. The van der Waals surface area contributed by atoms with Gasteiger partial charge in [-0.15, -0.1) is 0 Å². The molecule has 12 heteroatoms. The minimum absolute atomic E-state index is 0.0799. The van der Waals surface area contributed by atoms with Gasteiger partial charge in [0.15, 0.2) is 44.3 Å². The van der Waals surface area contributed by atoms with Gasteiger partial charge in [0, 0.05) is 11.1 Å². The summed E-state index contributed by atoms with van der Waals surface area (Å²) >= 11 is -8.19. The van der Waals surface area contributed by atoms with E-state index in [0.29, 0.717) is 32.7 Å². The highest BCUT2D eigenvalue weighted by molar-refractivity contribution is 7.84. The van der Waals surface area contributed by atoms with Gasteiger partial charge >= 0.3 is 0 Å². The molecule has 4 atom stereocenters. The van der Waals surface area contributed by atoms with Gasteiger partial charge in [0.25, 0.3) is 0 Å². The standard InChI is InChI=1S/C24H22O8S4/c1-29-33(25)19-13-15-9-5-7-11-17(15)21(23(19)35(27)31-3)22-18-12-8-6-10-16(18)14-20(34(26)30-2)24(22)36(28)32-4/h5-14H,1-4H3. The number of hydrogen-bond acceptors (Lipinski definition) is 8. The van der Waals surface area contributed by atoms with E-state index in [9.17, 15) is 16.8 Å². The maximum absolute atomic E-state index is 13.4. The van der Waals surface area contributed by atoms with Crippen LogP contribution >= 0.6 is 0 Å². The van der Waals surface area contributed by atoms with Crippen LogP contribution in [-0.4, -0.2) is 45.3 Å². The van der Waals surface area contributed by atoms with Crippen LogP contribution in [0.25, 0.3) is 32.7 Å². The Morgan fingerprint density at radius 3 is 1.17 bits per heavy atom. The Labute approximate surface area is 218 Å². The molecular weight excluding hydrogens is 545 g/mol. The fraction of sp³-hybridized carbons (Fsp3) is 0.167. The quantitative estimate of drug-likeness (QED) is 0.295. The molecule has 0 amide bonds. The van der Waals surface area contributed by atoms with Crippen LogP contribution in [0.2, 0.25) is 0 Å². The first-order valence-corrected chi connectivity index (χ1v) is 14.6.